The monoisotopic (exact) mass is 445 g/mol. The molecule has 0 spiro atoms. The van der Waals surface area contributed by atoms with E-state index in [1.54, 1.807) is 28.9 Å². The Morgan fingerprint density at radius 1 is 0.970 bits per heavy atom. The number of nitrogens with one attached hydrogen (secondary N) is 3. The number of carbonyl (C=O) groups excluding carboxylic acids is 3. The second-order valence-electron chi connectivity index (χ2n) is 8.30. The van der Waals surface area contributed by atoms with Gasteiger partial charge in [-0.3, -0.25) is 19.1 Å². The van der Waals surface area contributed by atoms with Gasteiger partial charge in [0.2, 0.25) is 0 Å². The molecule has 0 bridgehead atoms. The van der Waals surface area contributed by atoms with Crippen LogP contribution in [0, 0.1) is 13.8 Å². The first-order chi connectivity index (χ1) is 15.8. The highest BCUT2D eigenvalue weighted by molar-refractivity contribution is 6.40. The van der Waals surface area contributed by atoms with E-state index in [1.807, 2.05) is 33.0 Å². The molecule has 3 amide bonds. The number of para-hydroxylation sites is 1. The van der Waals surface area contributed by atoms with E-state index in [1.165, 1.54) is 11.1 Å². The molecule has 33 heavy (non-hydrogen) atoms. The Kier molecular flexibility index (Phi) is 6.26. The zero-order valence-electron chi connectivity index (χ0n) is 18.9. The zero-order valence-corrected chi connectivity index (χ0v) is 18.9. The van der Waals surface area contributed by atoms with Gasteiger partial charge in [0.15, 0.2) is 0 Å². The van der Waals surface area contributed by atoms with Gasteiger partial charge in [-0.25, -0.2) is 0 Å². The molecule has 1 aliphatic rings. The van der Waals surface area contributed by atoms with Crippen molar-refractivity contribution in [3.63, 3.8) is 0 Å². The van der Waals surface area contributed by atoms with E-state index in [0.29, 0.717) is 11.3 Å². The quantitative estimate of drug-likeness (QED) is 0.524. The lowest BCUT2D eigenvalue weighted by Gasteiger charge is -2.15. The van der Waals surface area contributed by atoms with Crippen LogP contribution < -0.4 is 16.0 Å². The Hall–Kier alpha value is -3.94. The van der Waals surface area contributed by atoms with Gasteiger partial charge >= 0.3 is 11.8 Å². The summed E-state index contributed by atoms with van der Waals surface area (Å²) >= 11 is 0. The molecule has 0 unspecified atom stereocenters. The van der Waals surface area contributed by atoms with Crippen LogP contribution in [-0.4, -0.2) is 33.5 Å². The summed E-state index contributed by atoms with van der Waals surface area (Å²) in [4.78, 5) is 37.8. The second-order valence-corrected chi connectivity index (χ2v) is 8.30. The molecule has 170 valence electrons. The molecule has 3 aromatic rings. The summed E-state index contributed by atoms with van der Waals surface area (Å²) in [7, 11) is 1.83. The smallest absolute Gasteiger partial charge is 0.313 e. The fraction of sp³-hybridized carbons (Fsp3) is 0.280. The molecule has 8 heteroatoms. The van der Waals surface area contributed by atoms with Crippen LogP contribution in [0.25, 0.3) is 0 Å². The van der Waals surface area contributed by atoms with Gasteiger partial charge in [-0.15, -0.1) is 0 Å². The molecule has 3 N–H and O–H groups in total. The summed E-state index contributed by atoms with van der Waals surface area (Å²) < 4.78 is 1.73. The molecule has 0 atom stereocenters. The molecule has 0 fully saturated rings. The lowest BCUT2D eigenvalue weighted by molar-refractivity contribution is -0.136. The maximum Gasteiger partial charge on any atom is 0.313 e. The first-order valence-electron chi connectivity index (χ1n) is 10.9. The summed E-state index contributed by atoms with van der Waals surface area (Å²) in [6.07, 6.45) is 1.54. The van der Waals surface area contributed by atoms with Gasteiger partial charge in [0, 0.05) is 30.9 Å². The summed E-state index contributed by atoms with van der Waals surface area (Å²) in [6, 6.07) is 14.8. The van der Waals surface area contributed by atoms with Crippen LogP contribution in [0.5, 0.6) is 0 Å². The average Bonchev–Trinajstić information content (AvgIpc) is 3.31. The molecule has 0 radical (unpaired) electrons. The molecule has 4 rings (SSSR count). The third-order valence-electron chi connectivity index (χ3n) is 6.10. The minimum atomic E-state index is -0.831. The van der Waals surface area contributed by atoms with Crippen LogP contribution in [-0.2, 0) is 36.0 Å². The minimum absolute atomic E-state index is 0.00656. The zero-order chi connectivity index (χ0) is 23.5. The van der Waals surface area contributed by atoms with Crippen LogP contribution in [0.4, 0.5) is 5.69 Å². The van der Waals surface area contributed by atoms with Gasteiger partial charge in [0.25, 0.3) is 5.91 Å². The van der Waals surface area contributed by atoms with Gasteiger partial charge in [-0.2, -0.15) is 5.10 Å². The number of carbonyl (C=O) groups is 3. The summed E-state index contributed by atoms with van der Waals surface area (Å²) in [5.74, 6) is -1.90. The number of hydrogen-bond donors (Lipinski definition) is 3. The number of anilines is 1. The van der Waals surface area contributed by atoms with Crippen LogP contribution in [0.2, 0.25) is 0 Å². The van der Waals surface area contributed by atoms with Crippen LogP contribution >= 0.6 is 0 Å². The lowest BCUT2D eigenvalue weighted by Crippen LogP contribution is -2.37. The van der Waals surface area contributed by atoms with Crippen molar-refractivity contribution in [2.75, 3.05) is 5.32 Å². The standard InChI is InChI=1S/C25H27N5O3/c1-15-21(16(2)30(3)29-15)14-26-24(32)25(33)28-22-11-7-6-10-20(22)23(31)27-19-12-17-8-4-5-9-18(17)13-19/h4-11,19H,12-14H2,1-3H3,(H,26,32)(H,27,31)(H,28,33). The number of aryl methyl sites for hydroxylation is 2. The van der Waals surface area contributed by atoms with E-state index < -0.39 is 11.8 Å². The number of benzene rings is 2. The fourth-order valence-corrected chi connectivity index (χ4v) is 4.22. The van der Waals surface area contributed by atoms with Crippen LogP contribution in [0.15, 0.2) is 48.5 Å². The Balaban J connectivity index is 1.38. The number of amides is 3. The highest BCUT2D eigenvalue weighted by Gasteiger charge is 2.24. The molecule has 1 aliphatic carbocycles. The summed E-state index contributed by atoms with van der Waals surface area (Å²) in [5.41, 5.74) is 5.67. The maximum atomic E-state index is 12.9. The third kappa shape index (κ3) is 4.79. The van der Waals surface area contributed by atoms with E-state index in [9.17, 15) is 14.4 Å². The molecular weight excluding hydrogens is 418 g/mol. The Morgan fingerprint density at radius 3 is 2.24 bits per heavy atom. The number of rotatable bonds is 5. The van der Waals surface area contributed by atoms with Gasteiger partial charge in [-0.1, -0.05) is 36.4 Å². The predicted octanol–water partition coefficient (Wildman–Crippen LogP) is 2.19. The minimum Gasteiger partial charge on any atom is -0.349 e. The summed E-state index contributed by atoms with van der Waals surface area (Å²) in [5, 5.41) is 12.6. The van der Waals surface area contributed by atoms with Crippen molar-refractivity contribution in [3.8, 4) is 0 Å². The van der Waals surface area contributed by atoms with Crippen LogP contribution in [0.3, 0.4) is 0 Å². The van der Waals surface area contributed by atoms with Gasteiger partial charge in [0.1, 0.15) is 0 Å². The molecule has 2 aromatic carbocycles. The average molecular weight is 446 g/mol. The normalized spacial score (nSPS) is 12.8. The van der Waals surface area contributed by atoms with E-state index in [4.69, 9.17) is 0 Å². The van der Waals surface area contributed by atoms with Crippen molar-refractivity contribution in [1.82, 2.24) is 20.4 Å². The molecule has 0 aliphatic heterocycles. The third-order valence-corrected chi connectivity index (χ3v) is 6.10. The van der Waals surface area contributed by atoms with E-state index >= 15 is 0 Å². The van der Waals surface area contributed by atoms with Gasteiger partial charge in [0.05, 0.1) is 16.9 Å². The highest BCUT2D eigenvalue weighted by atomic mass is 16.2. The fourth-order valence-electron chi connectivity index (χ4n) is 4.22. The molecule has 1 heterocycles. The second kappa shape index (κ2) is 9.28. The number of aromatic nitrogens is 2. The van der Waals surface area contributed by atoms with E-state index in [-0.39, 0.29) is 18.5 Å². The maximum absolute atomic E-state index is 12.9. The Labute approximate surface area is 192 Å². The number of fused-ring (bicyclic) bond motifs is 1. The topological polar surface area (TPSA) is 105 Å². The van der Waals surface area contributed by atoms with Crippen molar-refractivity contribution >= 4 is 23.4 Å². The number of hydrogen-bond acceptors (Lipinski definition) is 4. The molecule has 1 aromatic heterocycles. The molecular formula is C25H27N5O3. The SMILES string of the molecule is Cc1nn(C)c(C)c1CNC(=O)C(=O)Nc1ccccc1C(=O)NC1Cc2ccccc2C1. The largest absolute Gasteiger partial charge is 0.349 e. The molecule has 0 saturated heterocycles. The Morgan fingerprint density at radius 2 is 1.61 bits per heavy atom. The first-order valence-corrected chi connectivity index (χ1v) is 10.9. The van der Waals surface area contributed by atoms with Crippen molar-refractivity contribution < 1.29 is 14.4 Å². The lowest BCUT2D eigenvalue weighted by atomic mass is 10.1. The van der Waals surface area contributed by atoms with Gasteiger partial charge in [-0.05, 0) is 49.9 Å². The first kappa shape index (κ1) is 22.3. The molecule has 8 nitrogen and oxygen atoms in total. The van der Waals surface area contributed by atoms with Crippen LogP contribution in [0.1, 0.15) is 38.4 Å². The van der Waals surface area contributed by atoms with Gasteiger partial charge < -0.3 is 16.0 Å². The highest BCUT2D eigenvalue weighted by Crippen LogP contribution is 2.23. The predicted molar refractivity (Wildman–Crippen MR) is 125 cm³/mol. The number of nitrogens with zero attached hydrogens (tertiary/aromatic N) is 2. The van der Waals surface area contributed by atoms with Crippen molar-refractivity contribution in [2.45, 2.75) is 39.3 Å². The van der Waals surface area contributed by atoms with Crippen molar-refractivity contribution in [1.29, 1.82) is 0 Å². The molecule has 0 saturated carbocycles. The Bertz CT molecular complexity index is 1210. The van der Waals surface area contributed by atoms with E-state index in [2.05, 4.69) is 33.2 Å². The van der Waals surface area contributed by atoms with E-state index in [0.717, 1.165) is 29.8 Å². The summed E-state index contributed by atoms with van der Waals surface area (Å²) in [6.45, 7) is 3.95. The van der Waals surface area contributed by atoms with Crippen molar-refractivity contribution in [3.05, 3.63) is 82.2 Å². The van der Waals surface area contributed by atoms with Crippen molar-refractivity contribution in [2.24, 2.45) is 7.05 Å².